The zero-order chi connectivity index (χ0) is 21.1. The Morgan fingerprint density at radius 2 is 1.60 bits per heavy atom. The molecule has 4 heteroatoms. The van der Waals surface area contributed by atoms with Gasteiger partial charge in [-0.15, -0.1) is 0 Å². The molecule has 4 nitrogen and oxygen atoms in total. The number of ether oxygens (including phenoxy) is 2. The lowest BCUT2D eigenvalue weighted by Gasteiger charge is -2.19. The third-order valence-corrected chi connectivity index (χ3v) is 5.37. The molecule has 0 saturated heterocycles. The highest BCUT2D eigenvalue weighted by atomic mass is 16.5. The maximum atomic E-state index is 12.8. The van der Waals surface area contributed by atoms with Crippen molar-refractivity contribution in [1.82, 2.24) is 0 Å². The van der Waals surface area contributed by atoms with Crippen molar-refractivity contribution in [3.8, 4) is 11.5 Å². The Bertz CT molecular complexity index is 1140. The predicted molar refractivity (Wildman–Crippen MR) is 117 cm³/mol. The molecule has 0 fully saturated rings. The second-order valence-corrected chi connectivity index (χ2v) is 7.80. The molecule has 152 valence electrons. The summed E-state index contributed by atoms with van der Waals surface area (Å²) in [6.45, 7) is 3.97. The molecule has 0 spiro atoms. The van der Waals surface area contributed by atoms with Crippen molar-refractivity contribution in [1.29, 1.82) is 0 Å². The molecule has 3 aromatic carbocycles. The van der Waals surface area contributed by atoms with Crippen molar-refractivity contribution in [2.75, 3.05) is 0 Å². The van der Waals surface area contributed by atoms with Gasteiger partial charge in [-0.25, -0.2) is 4.79 Å². The zero-order valence-corrected chi connectivity index (χ0v) is 17.2. The van der Waals surface area contributed by atoms with Crippen LogP contribution in [-0.2, 0) is 4.79 Å². The minimum Gasteiger partial charge on any atom is -0.425 e. The number of benzene rings is 3. The summed E-state index contributed by atoms with van der Waals surface area (Å²) in [5.74, 6) is -0.185. The number of hydrogen-bond acceptors (Lipinski definition) is 4. The molecule has 0 aromatic heterocycles. The molecule has 1 unspecified atom stereocenters. The summed E-state index contributed by atoms with van der Waals surface area (Å²) in [5.41, 5.74) is 2.67. The van der Waals surface area contributed by atoms with Crippen LogP contribution >= 0.6 is 0 Å². The van der Waals surface area contributed by atoms with Crippen LogP contribution in [0.1, 0.15) is 42.1 Å². The third-order valence-electron chi connectivity index (χ3n) is 5.37. The molecule has 0 amide bonds. The maximum Gasteiger partial charge on any atom is 0.343 e. The number of fused-ring (bicyclic) bond motifs is 1. The Morgan fingerprint density at radius 1 is 0.900 bits per heavy atom. The van der Waals surface area contributed by atoms with Gasteiger partial charge in [0.2, 0.25) is 0 Å². The predicted octanol–water partition coefficient (Wildman–Crippen LogP) is 6.02. The van der Waals surface area contributed by atoms with E-state index in [0.717, 1.165) is 30.2 Å². The lowest BCUT2D eigenvalue weighted by atomic mass is 9.91. The van der Waals surface area contributed by atoms with Gasteiger partial charge in [-0.05, 0) is 62.8 Å². The van der Waals surface area contributed by atoms with Crippen molar-refractivity contribution in [3.63, 3.8) is 0 Å². The van der Waals surface area contributed by atoms with Crippen LogP contribution in [0.2, 0.25) is 0 Å². The van der Waals surface area contributed by atoms with Gasteiger partial charge >= 0.3 is 11.9 Å². The van der Waals surface area contributed by atoms with Crippen LogP contribution in [0.15, 0.2) is 72.3 Å². The minimum absolute atomic E-state index is 0.240. The second-order valence-electron chi connectivity index (χ2n) is 7.80. The summed E-state index contributed by atoms with van der Waals surface area (Å²) in [5, 5.41) is 1.45. The summed E-state index contributed by atoms with van der Waals surface area (Å²) in [4.78, 5) is 25.5. The number of carbonyl (C=O) groups is 2. The number of aryl methyl sites for hydroxylation is 1. The van der Waals surface area contributed by atoms with Crippen LogP contribution < -0.4 is 9.47 Å². The van der Waals surface area contributed by atoms with Crippen LogP contribution in [0.25, 0.3) is 10.8 Å². The number of hydrogen-bond donors (Lipinski definition) is 0. The molecular weight excluding hydrogens is 376 g/mol. The molecule has 0 bridgehead atoms. The number of carbonyl (C=O) groups excluding carboxylic acids is 2. The molecule has 0 N–H and O–H groups in total. The van der Waals surface area contributed by atoms with Crippen LogP contribution in [0.4, 0.5) is 0 Å². The second kappa shape index (κ2) is 8.54. The fraction of sp³-hybridized carbons (Fsp3) is 0.231. The molecule has 0 saturated carbocycles. The lowest BCUT2D eigenvalue weighted by Crippen LogP contribution is -2.21. The van der Waals surface area contributed by atoms with E-state index in [1.807, 2.05) is 56.3 Å². The number of allylic oxidation sites excluding steroid dienone is 1. The Labute approximate surface area is 176 Å². The van der Waals surface area contributed by atoms with Gasteiger partial charge in [-0.3, -0.25) is 4.79 Å². The van der Waals surface area contributed by atoms with Crippen LogP contribution in [-0.4, -0.2) is 11.9 Å². The smallest absolute Gasteiger partial charge is 0.343 e. The average molecular weight is 400 g/mol. The summed E-state index contributed by atoms with van der Waals surface area (Å²) < 4.78 is 11.5. The van der Waals surface area contributed by atoms with E-state index in [0.29, 0.717) is 22.4 Å². The molecule has 1 aliphatic carbocycles. The van der Waals surface area contributed by atoms with E-state index < -0.39 is 5.97 Å². The van der Waals surface area contributed by atoms with Crippen LogP contribution in [0.3, 0.4) is 0 Å². The fourth-order valence-corrected chi connectivity index (χ4v) is 3.85. The quantitative estimate of drug-likeness (QED) is 0.305. The maximum absolute atomic E-state index is 12.8. The van der Waals surface area contributed by atoms with E-state index in [1.54, 1.807) is 24.3 Å². The van der Waals surface area contributed by atoms with Gasteiger partial charge in [0.05, 0.1) is 16.9 Å². The van der Waals surface area contributed by atoms with Crippen molar-refractivity contribution >= 4 is 22.7 Å². The standard InChI is InChI=1S/C26H24O4/c1-17-7-3-11-20(15-17)25(27)29-22-13-5-9-19-10-6-14-23(24(19)22)30-26(28)21-12-4-8-18(2)16-21/h3,5-7,9-11,13-16,21H,4,8,12H2,1-2H3. The van der Waals surface area contributed by atoms with Gasteiger partial charge < -0.3 is 9.47 Å². The molecular formula is C26H24O4. The number of esters is 2. The highest BCUT2D eigenvalue weighted by molar-refractivity contribution is 5.99. The van der Waals surface area contributed by atoms with Crippen molar-refractivity contribution < 1.29 is 19.1 Å². The fourth-order valence-electron chi connectivity index (χ4n) is 3.85. The summed E-state index contributed by atoms with van der Waals surface area (Å²) in [6.07, 6.45) is 4.79. The summed E-state index contributed by atoms with van der Waals surface area (Å²) in [7, 11) is 0. The van der Waals surface area contributed by atoms with E-state index in [4.69, 9.17) is 9.47 Å². The Hall–Kier alpha value is -3.40. The molecule has 3 aromatic rings. The van der Waals surface area contributed by atoms with Crippen molar-refractivity contribution in [2.45, 2.75) is 33.1 Å². The molecule has 1 aliphatic rings. The van der Waals surface area contributed by atoms with E-state index in [1.165, 1.54) is 5.57 Å². The SMILES string of the molecule is CC1=CC(C(=O)Oc2cccc3cccc(OC(=O)c4cccc(C)c4)c23)CCC1. The van der Waals surface area contributed by atoms with Gasteiger partial charge in [-0.1, -0.05) is 53.6 Å². The monoisotopic (exact) mass is 400 g/mol. The summed E-state index contributed by atoms with van der Waals surface area (Å²) >= 11 is 0. The number of rotatable bonds is 4. The van der Waals surface area contributed by atoms with Gasteiger partial charge in [0.25, 0.3) is 0 Å². The molecule has 0 aliphatic heterocycles. The van der Waals surface area contributed by atoms with Crippen molar-refractivity contribution in [3.05, 3.63) is 83.4 Å². The molecule has 1 atom stereocenters. The first-order chi connectivity index (χ1) is 14.5. The average Bonchev–Trinajstić information content (AvgIpc) is 2.74. The molecule has 30 heavy (non-hydrogen) atoms. The Kier molecular flexibility index (Phi) is 5.66. The van der Waals surface area contributed by atoms with Gasteiger partial charge in [0.1, 0.15) is 11.5 Å². The normalized spacial score (nSPS) is 16.1. The minimum atomic E-state index is -0.446. The van der Waals surface area contributed by atoms with Gasteiger partial charge in [0.15, 0.2) is 0 Å². The third kappa shape index (κ3) is 4.28. The Morgan fingerprint density at radius 3 is 2.30 bits per heavy atom. The first kappa shape index (κ1) is 19.9. The van der Waals surface area contributed by atoms with E-state index in [9.17, 15) is 9.59 Å². The Balaban J connectivity index is 1.66. The first-order valence-corrected chi connectivity index (χ1v) is 10.2. The largest absolute Gasteiger partial charge is 0.425 e. The first-order valence-electron chi connectivity index (χ1n) is 10.2. The molecule has 4 rings (SSSR count). The van der Waals surface area contributed by atoms with Gasteiger partial charge in [0, 0.05) is 0 Å². The zero-order valence-electron chi connectivity index (χ0n) is 17.2. The van der Waals surface area contributed by atoms with Gasteiger partial charge in [-0.2, -0.15) is 0 Å². The van der Waals surface area contributed by atoms with Crippen LogP contribution in [0, 0.1) is 12.8 Å². The van der Waals surface area contributed by atoms with E-state index in [-0.39, 0.29) is 11.9 Å². The van der Waals surface area contributed by atoms with E-state index >= 15 is 0 Å². The van der Waals surface area contributed by atoms with Crippen LogP contribution in [0.5, 0.6) is 11.5 Å². The molecule has 0 radical (unpaired) electrons. The van der Waals surface area contributed by atoms with E-state index in [2.05, 4.69) is 0 Å². The highest BCUT2D eigenvalue weighted by Crippen LogP contribution is 2.35. The van der Waals surface area contributed by atoms with Crippen molar-refractivity contribution in [2.24, 2.45) is 5.92 Å². The summed E-state index contributed by atoms with van der Waals surface area (Å²) in [6, 6.07) is 18.2. The topological polar surface area (TPSA) is 52.6 Å². The molecule has 0 heterocycles. The lowest BCUT2D eigenvalue weighted by molar-refractivity contribution is -0.137. The highest BCUT2D eigenvalue weighted by Gasteiger charge is 2.23.